The van der Waals surface area contributed by atoms with E-state index in [4.69, 9.17) is 5.73 Å². The van der Waals surface area contributed by atoms with E-state index in [0.717, 1.165) is 23.7 Å². The smallest absolute Gasteiger partial charge is 0.257 e. The summed E-state index contributed by atoms with van der Waals surface area (Å²) in [6.45, 7) is 0. The van der Waals surface area contributed by atoms with E-state index in [1.54, 1.807) is 17.1 Å². The number of hydrogen-bond acceptors (Lipinski definition) is 6. The summed E-state index contributed by atoms with van der Waals surface area (Å²) in [5.41, 5.74) is 5.80. The van der Waals surface area contributed by atoms with E-state index < -0.39 is 0 Å². The lowest BCUT2D eigenvalue weighted by atomic mass is 10.0. The average molecular weight is 283 g/mol. The van der Waals surface area contributed by atoms with Gasteiger partial charge in [0.25, 0.3) is 5.95 Å². The van der Waals surface area contributed by atoms with Crippen molar-refractivity contribution in [3.8, 4) is 5.95 Å². The zero-order valence-corrected chi connectivity index (χ0v) is 11.6. The van der Waals surface area contributed by atoms with Crippen LogP contribution in [0.15, 0.2) is 18.5 Å². The topological polar surface area (TPSA) is 94.5 Å². The zero-order valence-electron chi connectivity index (χ0n) is 11.6. The molecular weight excluding hydrogens is 266 g/mol. The van der Waals surface area contributed by atoms with E-state index in [1.165, 1.54) is 19.3 Å². The standard InChI is InChI=1S/C14H17N7/c15-12-18-13(20-14(19-12)21-5-1-4-16-21)17-11-9-7-2-3-8(6-7)10(9)11/h1,4-5,7-11H,2-3,6H2,(H3,15,17,18,19,20). The number of nitrogen functional groups attached to an aromatic ring is 1. The third-order valence-corrected chi connectivity index (χ3v) is 5.38. The molecule has 0 saturated heterocycles. The van der Waals surface area contributed by atoms with Gasteiger partial charge in [-0.1, -0.05) is 0 Å². The summed E-state index contributed by atoms with van der Waals surface area (Å²) in [6, 6.07) is 2.36. The Morgan fingerprint density at radius 2 is 1.95 bits per heavy atom. The van der Waals surface area contributed by atoms with E-state index in [0.29, 0.717) is 17.9 Å². The minimum Gasteiger partial charge on any atom is -0.368 e. The fourth-order valence-corrected chi connectivity index (χ4v) is 4.60. The SMILES string of the molecule is Nc1nc(NC2C3C4CCC(C4)C23)nc(-n2cccn2)n1. The van der Waals surface area contributed by atoms with Gasteiger partial charge in [-0.3, -0.25) is 0 Å². The third kappa shape index (κ3) is 1.66. The van der Waals surface area contributed by atoms with Gasteiger partial charge in [-0.15, -0.1) is 0 Å². The second-order valence-corrected chi connectivity index (χ2v) is 6.43. The van der Waals surface area contributed by atoms with E-state index in [-0.39, 0.29) is 5.95 Å². The summed E-state index contributed by atoms with van der Waals surface area (Å²) in [5.74, 6) is 4.76. The normalized spacial score (nSPS) is 35.7. The zero-order chi connectivity index (χ0) is 14.0. The third-order valence-electron chi connectivity index (χ3n) is 5.38. The van der Waals surface area contributed by atoms with Crippen LogP contribution in [-0.2, 0) is 0 Å². The Morgan fingerprint density at radius 1 is 1.14 bits per heavy atom. The highest BCUT2D eigenvalue weighted by molar-refractivity contribution is 5.39. The van der Waals surface area contributed by atoms with Gasteiger partial charge in [0.15, 0.2) is 0 Å². The summed E-state index contributed by atoms with van der Waals surface area (Å²) < 4.78 is 1.60. The van der Waals surface area contributed by atoms with Gasteiger partial charge >= 0.3 is 0 Å². The fraction of sp³-hybridized carbons (Fsp3) is 0.571. The Hall–Kier alpha value is -2.18. The molecule has 3 aliphatic carbocycles. The fourth-order valence-electron chi connectivity index (χ4n) is 4.60. The van der Waals surface area contributed by atoms with Crippen molar-refractivity contribution < 1.29 is 0 Å². The lowest BCUT2D eigenvalue weighted by Crippen LogP contribution is -2.17. The highest BCUT2D eigenvalue weighted by Crippen LogP contribution is 2.66. The molecule has 108 valence electrons. The van der Waals surface area contributed by atoms with Crippen molar-refractivity contribution in [3.63, 3.8) is 0 Å². The lowest BCUT2D eigenvalue weighted by molar-refractivity contribution is 0.456. The Kier molecular flexibility index (Phi) is 2.15. The molecule has 2 bridgehead atoms. The summed E-state index contributed by atoms with van der Waals surface area (Å²) in [4.78, 5) is 12.8. The quantitative estimate of drug-likeness (QED) is 0.875. The Labute approximate surface area is 122 Å². The molecule has 0 aromatic carbocycles. The van der Waals surface area contributed by atoms with Gasteiger partial charge in [0, 0.05) is 18.4 Å². The number of nitrogens with two attached hydrogens (primary N) is 1. The van der Waals surface area contributed by atoms with E-state index in [1.807, 2.05) is 6.07 Å². The van der Waals surface area contributed by atoms with Gasteiger partial charge < -0.3 is 11.1 Å². The molecule has 5 rings (SSSR count). The van der Waals surface area contributed by atoms with Crippen LogP contribution in [0.3, 0.4) is 0 Å². The lowest BCUT2D eigenvalue weighted by Gasteiger charge is -2.11. The van der Waals surface area contributed by atoms with Gasteiger partial charge in [-0.05, 0) is 49.0 Å². The van der Waals surface area contributed by atoms with E-state index in [9.17, 15) is 0 Å². The molecule has 3 aliphatic rings. The van der Waals surface area contributed by atoms with Crippen molar-refractivity contribution in [1.82, 2.24) is 24.7 Å². The Morgan fingerprint density at radius 3 is 2.67 bits per heavy atom. The molecule has 2 aromatic heterocycles. The van der Waals surface area contributed by atoms with Crippen molar-refractivity contribution in [3.05, 3.63) is 18.5 Å². The molecule has 4 atom stereocenters. The minimum absolute atomic E-state index is 0.229. The molecule has 4 unspecified atom stereocenters. The monoisotopic (exact) mass is 283 g/mol. The van der Waals surface area contributed by atoms with Crippen molar-refractivity contribution in [2.24, 2.45) is 23.7 Å². The molecule has 7 heteroatoms. The first-order chi connectivity index (χ1) is 10.3. The second-order valence-electron chi connectivity index (χ2n) is 6.43. The van der Waals surface area contributed by atoms with Crippen molar-refractivity contribution >= 4 is 11.9 Å². The first-order valence-electron chi connectivity index (χ1n) is 7.58. The first kappa shape index (κ1) is 11.5. The molecule has 0 spiro atoms. The minimum atomic E-state index is 0.229. The summed E-state index contributed by atoms with van der Waals surface area (Å²) in [5, 5.41) is 7.61. The van der Waals surface area contributed by atoms with Crippen LogP contribution in [0.1, 0.15) is 19.3 Å². The molecule has 2 heterocycles. The van der Waals surface area contributed by atoms with Gasteiger partial charge in [-0.25, -0.2) is 4.68 Å². The van der Waals surface area contributed by atoms with Crippen LogP contribution in [0, 0.1) is 23.7 Å². The maximum atomic E-state index is 5.80. The highest BCUT2D eigenvalue weighted by atomic mass is 15.4. The maximum Gasteiger partial charge on any atom is 0.257 e. The number of aromatic nitrogens is 5. The van der Waals surface area contributed by atoms with E-state index in [2.05, 4.69) is 25.4 Å². The van der Waals surface area contributed by atoms with Crippen LogP contribution < -0.4 is 11.1 Å². The molecule has 7 nitrogen and oxygen atoms in total. The van der Waals surface area contributed by atoms with Gasteiger partial charge in [-0.2, -0.15) is 20.1 Å². The molecule has 2 aromatic rings. The maximum absolute atomic E-state index is 5.80. The molecule has 0 amide bonds. The molecule has 3 N–H and O–H groups in total. The molecule has 0 radical (unpaired) electrons. The van der Waals surface area contributed by atoms with Crippen LogP contribution in [0.2, 0.25) is 0 Å². The predicted octanol–water partition coefficient (Wildman–Crippen LogP) is 1.10. The second kappa shape index (κ2) is 3.93. The van der Waals surface area contributed by atoms with Gasteiger partial charge in [0.1, 0.15) is 0 Å². The molecular formula is C14H17N7. The van der Waals surface area contributed by atoms with Crippen LogP contribution in [-0.4, -0.2) is 30.8 Å². The van der Waals surface area contributed by atoms with Gasteiger partial charge in [0.05, 0.1) is 0 Å². The summed E-state index contributed by atoms with van der Waals surface area (Å²) in [7, 11) is 0. The average Bonchev–Trinajstić information content (AvgIpc) is 2.97. The Bertz CT molecular complexity index is 667. The molecule has 21 heavy (non-hydrogen) atoms. The highest BCUT2D eigenvalue weighted by Gasteiger charge is 2.65. The number of nitrogens with one attached hydrogen (secondary N) is 1. The first-order valence-corrected chi connectivity index (χ1v) is 7.58. The van der Waals surface area contributed by atoms with Crippen LogP contribution in [0.4, 0.5) is 11.9 Å². The predicted molar refractivity (Wildman–Crippen MR) is 76.6 cm³/mol. The van der Waals surface area contributed by atoms with Crippen LogP contribution >= 0.6 is 0 Å². The number of nitrogens with zero attached hydrogens (tertiary/aromatic N) is 5. The van der Waals surface area contributed by atoms with Crippen molar-refractivity contribution in [2.45, 2.75) is 25.3 Å². The number of fused-ring (bicyclic) bond motifs is 5. The van der Waals surface area contributed by atoms with Crippen molar-refractivity contribution in [2.75, 3.05) is 11.1 Å². The van der Waals surface area contributed by atoms with E-state index >= 15 is 0 Å². The number of rotatable bonds is 3. The molecule has 0 aliphatic heterocycles. The summed E-state index contributed by atoms with van der Waals surface area (Å²) >= 11 is 0. The summed E-state index contributed by atoms with van der Waals surface area (Å²) in [6.07, 6.45) is 7.73. The molecule has 3 fully saturated rings. The van der Waals surface area contributed by atoms with Crippen molar-refractivity contribution in [1.29, 1.82) is 0 Å². The number of hydrogen-bond donors (Lipinski definition) is 2. The Balaban J connectivity index is 1.40. The molecule has 3 saturated carbocycles. The van der Waals surface area contributed by atoms with Gasteiger partial charge in [0.2, 0.25) is 11.9 Å². The van der Waals surface area contributed by atoms with Crippen LogP contribution in [0.25, 0.3) is 5.95 Å². The van der Waals surface area contributed by atoms with Crippen LogP contribution in [0.5, 0.6) is 0 Å². The largest absolute Gasteiger partial charge is 0.368 e. The number of anilines is 2.